The lowest BCUT2D eigenvalue weighted by atomic mass is 9.90. The maximum Gasteiger partial charge on any atom is 0.187 e. The summed E-state index contributed by atoms with van der Waals surface area (Å²) in [4.78, 5) is 3.64. The minimum absolute atomic E-state index is 0.637. The van der Waals surface area contributed by atoms with E-state index in [2.05, 4.69) is 218 Å². The molecule has 0 bridgehead atoms. The lowest BCUT2D eigenvalue weighted by Gasteiger charge is -2.14. The molecular formula is C65H44N2. The van der Waals surface area contributed by atoms with Gasteiger partial charge in [0.15, 0.2) is 5.69 Å². The minimum Gasteiger partial charge on any atom is -0.238 e. The molecule has 0 radical (unpaired) electrons. The average Bonchev–Trinajstić information content (AvgIpc) is 3.77. The van der Waals surface area contributed by atoms with Crippen LogP contribution in [0, 0.1) is 17.9 Å². The normalized spacial score (nSPS) is 12.1. The molecule has 1 aliphatic rings. The molecular weight excluding hydrogens is 809 g/mol. The van der Waals surface area contributed by atoms with Crippen LogP contribution in [0.15, 0.2) is 212 Å². The molecule has 2 heteroatoms. The van der Waals surface area contributed by atoms with Crippen molar-refractivity contribution in [1.29, 1.82) is 5.26 Å². The zero-order chi connectivity index (χ0) is 45.3. The Bertz CT molecular complexity index is 3660. The van der Waals surface area contributed by atoms with Crippen molar-refractivity contribution in [3.63, 3.8) is 0 Å². The van der Waals surface area contributed by atoms with E-state index in [0.29, 0.717) is 11.3 Å². The van der Waals surface area contributed by atoms with Crippen molar-refractivity contribution in [3.05, 3.63) is 279 Å². The van der Waals surface area contributed by atoms with E-state index in [9.17, 15) is 5.26 Å². The highest BCUT2D eigenvalue weighted by Gasteiger charge is 2.23. The summed E-state index contributed by atoms with van der Waals surface area (Å²) in [7, 11) is 0. The molecule has 67 heavy (non-hydrogen) atoms. The van der Waals surface area contributed by atoms with Gasteiger partial charge in [-0.2, -0.15) is 5.26 Å². The standard InChI is InChI=1S/C65H44N2/c1-3-46-38-54(48-26-20-44(21-27-48)37-64(52-30-33-57(67-2)34-31-52)62-17-9-13-50-11-5-7-15-59(50)62)40-56-41-55-39-53(32-35-60(55)65(46)56)47-24-18-43(19-25-47)36-63(51-28-22-45(42-66)23-29-51)61-16-8-12-49-10-4-6-14-58(49)61/h4-40H,3,41H2,1H3/b63-36+,64-37-. The number of aryl methyl sites for hydroxylation is 1. The van der Waals surface area contributed by atoms with E-state index in [4.69, 9.17) is 6.57 Å². The second-order valence-electron chi connectivity index (χ2n) is 17.3. The molecule has 0 saturated carbocycles. The third kappa shape index (κ3) is 7.93. The molecule has 0 amide bonds. The summed E-state index contributed by atoms with van der Waals surface area (Å²) in [6, 6.07) is 77.8. The Labute approximate surface area is 392 Å². The summed E-state index contributed by atoms with van der Waals surface area (Å²) in [6.07, 6.45) is 6.40. The quantitative estimate of drug-likeness (QED) is 0.105. The van der Waals surface area contributed by atoms with Gasteiger partial charge in [0.05, 0.1) is 18.2 Å². The first-order chi connectivity index (χ1) is 33.0. The van der Waals surface area contributed by atoms with Crippen LogP contribution in [0.2, 0.25) is 0 Å². The first kappa shape index (κ1) is 40.9. The van der Waals surface area contributed by atoms with Crippen LogP contribution in [0.4, 0.5) is 5.69 Å². The van der Waals surface area contributed by atoms with Crippen molar-refractivity contribution in [2.75, 3.05) is 0 Å². The van der Waals surface area contributed by atoms with Crippen LogP contribution < -0.4 is 0 Å². The lowest BCUT2D eigenvalue weighted by molar-refractivity contribution is 1.14. The van der Waals surface area contributed by atoms with Gasteiger partial charge in [-0.15, -0.1) is 0 Å². The molecule has 0 aromatic heterocycles. The maximum atomic E-state index is 9.49. The number of benzene rings is 10. The van der Waals surface area contributed by atoms with Crippen molar-refractivity contribution in [2.45, 2.75) is 19.8 Å². The third-order valence-corrected chi connectivity index (χ3v) is 13.3. The zero-order valence-electron chi connectivity index (χ0n) is 37.2. The first-order valence-corrected chi connectivity index (χ1v) is 22.9. The molecule has 1 aliphatic carbocycles. The van der Waals surface area contributed by atoms with Crippen LogP contribution in [0.3, 0.4) is 0 Å². The van der Waals surface area contributed by atoms with E-state index in [1.54, 1.807) is 0 Å². The first-order valence-electron chi connectivity index (χ1n) is 22.9. The van der Waals surface area contributed by atoms with E-state index in [-0.39, 0.29) is 0 Å². The largest absolute Gasteiger partial charge is 0.238 e. The average molecular weight is 853 g/mol. The molecule has 0 atom stereocenters. The summed E-state index contributed by atoms with van der Waals surface area (Å²) < 4.78 is 0. The smallest absolute Gasteiger partial charge is 0.187 e. The highest BCUT2D eigenvalue weighted by atomic mass is 14.6. The van der Waals surface area contributed by atoms with Gasteiger partial charge in [-0.25, -0.2) is 4.85 Å². The van der Waals surface area contributed by atoms with Crippen LogP contribution >= 0.6 is 0 Å². The van der Waals surface area contributed by atoms with Crippen LogP contribution in [0.5, 0.6) is 0 Å². The van der Waals surface area contributed by atoms with Gasteiger partial charge >= 0.3 is 0 Å². The van der Waals surface area contributed by atoms with Gasteiger partial charge in [0.1, 0.15) is 0 Å². The number of fused-ring (bicyclic) bond motifs is 5. The highest BCUT2D eigenvalue weighted by molar-refractivity contribution is 6.04. The van der Waals surface area contributed by atoms with Gasteiger partial charge in [-0.1, -0.05) is 207 Å². The number of nitrogens with zero attached hydrogens (tertiary/aromatic N) is 2. The Balaban J connectivity index is 0.879. The Morgan fingerprint density at radius 1 is 0.522 bits per heavy atom. The van der Waals surface area contributed by atoms with Crippen molar-refractivity contribution in [2.24, 2.45) is 0 Å². The fraction of sp³-hybridized carbons (Fsp3) is 0.0462. The SMILES string of the molecule is [C-]#[N+]c1ccc(/C(=C/c2ccc(-c3cc(CC)c4c(c3)Cc3cc(-c5ccc(/C=C(\c6ccc(C#N)cc6)c6cccc7ccccc67)cc5)ccc3-4)cc2)c2cccc3ccccc23)cc1. The molecule has 10 aromatic rings. The molecule has 0 heterocycles. The maximum absolute atomic E-state index is 9.49. The predicted molar refractivity (Wildman–Crippen MR) is 281 cm³/mol. The molecule has 0 saturated heterocycles. The topological polar surface area (TPSA) is 28.1 Å². The van der Waals surface area contributed by atoms with E-state index < -0.39 is 0 Å². The summed E-state index contributed by atoms with van der Waals surface area (Å²) >= 11 is 0. The van der Waals surface area contributed by atoms with E-state index in [0.717, 1.165) is 51.8 Å². The van der Waals surface area contributed by atoms with Crippen LogP contribution in [-0.2, 0) is 12.8 Å². The second-order valence-corrected chi connectivity index (χ2v) is 17.3. The second kappa shape index (κ2) is 17.6. The Morgan fingerprint density at radius 3 is 1.58 bits per heavy atom. The van der Waals surface area contributed by atoms with Crippen molar-refractivity contribution in [3.8, 4) is 39.4 Å². The van der Waals surface area contributed by atoms with Gasteiger partial charge in [0.2, 0.25) is 0 Å². The summed E-state index contributed by atoms with van der Waals surface area (Å²) in [6.45, 7) is 9.76. The molecule has 2 nitrogen and oxygen atoms in total. The van der Waals surface area contributed by atoms with Gasteiger partial charge < -0.3 is 0 Å². The van der Waals surface area contributed by atoms with Crippen molar-refractivity contribution >= 4 is 50.5 Å². The molecule has 0 aliphatic heterocycles. The molecule has 314 valence electrons. The van der Waals surface area contributed by atoms with Crippen molar-refractivity contribution < 1.29 is 0 Å². The Hall–Kier alpha value is -8.82. The fourth-order valence-corrected chi connectivity index (χ4v) is 9.94. The van der Waals surface area contributed by atoms with E-state index in [1.165, 1.54) is 77.2 Å². The van der Waals surface area contributed by atoms with Crippen LogP contribution in [0.1, 0.15) is 62.6 Å². The minimum atomic E-state index is 0.637. The highest BCUT2D eigenvalue weighted by Crippen LogP contribution is 2.44. The molecule has 0 spiro atoms. The number of nitriles is 1. The van der Waals surface area contributed by atoms with Crippen LogP contribution in [0.25, 0.3) is 83.1 Å². The predicted octanol–water partition coefficient (Wildman–Crippen LogP) is 17.1. The van der Waals surface area contributed by atoms with Gasteiger partial charge in [0, 0.05) is 0 Å². The summed E-state index contributed by atoms with van der Waals surface area (Å²) in [5.74, 6) is 0. The lowest BCUT2D eigenvalue weighted by Crippen LogP contribution is -1.92. The molecule has 0 unspecified atom stereocenters. The van der Waals surface area contributed by atoms with Gasteiger partial charge in [0.25, 0.3) is 0 Å². The van der Waals surface area contributed by atoms with Gasteiger partial charge in [-0.3, -0.25) is 0 Å². The molecule has 10 aromatic carbocycles. The van der Waals surface area contributed by atoms with E-state index in [1.807, 2.05) is 24.3 Å². The van der Waals surface area contributed by atoms with Crippen molar-refractivity contribution in [1.82, 2.24) is 0 Å². The molecule has 11 rings (SSSR count). The van der Waals surface area contributed by atoms with Crippen LogP contribution in [-0.4, -0.2) is 0 Å². The number of hydrogen-bond donors (Lipinski definition) is 0. The fourth-order valence-electron chi connectivity index (χ4n) is 9.94. The monoisotopic (exact) mass is 852 g/mol. The summed E-state index contributed by atoms with van der Waals surface area (Å²) in [5, 5.41) is 14.3. The Kier molecular flexibility index (Phi) is 10.8. The van der Waals surface area contributed by atoms with Gasteiger partial charge in [-0.05, 0) is 153 Å². The summed E-state index contributed by atoms with van der Waals surface area (Å²) in [5.41, 5.74) is 22.0. The van der Waals surface area contributed by atoms with E-state index >= 15 is 0 Å². The third-order valence-electron chi connectivity index (χ3n) is 13.3. The number of hydrogen-bond acceptors (Lipinski definition) is 1. The Morgan fingerprint density at radius 2 is 1.03 bits per heavy atom. The molecule has 0 N–H and O–H groups in total. The zero-order valence-corrected chi connectivity index (χ0v) is 37.2. The number of rotatable bonds is 9. The molecule has 0 fully saturated rings.